The second kappa shape index (κ2) is 6.14. The Kier molecular flexibility index (Phi) is 4.53. The molecule has 2 aromatic rings. The van der Waals surface area contributed by atoms with E-state index in [1.165, 1.54) is 22.3 Å². The van der Waals surface area contributed by atoms with Gasteiger partial charge in [-0.15, -0.1) is 0 Å². The van der Waals surface area contributed by atoms with E-state index in [2.05, 4.69) is 54.3 Å². The van der Waals surface area contributed by atoms with Crippen molar-refractivity contribution in [2.45, 2.75) is 32.7 Å². The van der Waals surface area contributed by atoms with Gasteiger partial charge < -0.3 is 0 Å². The Morgan fingerprint density at radius 2 is 1.89 bits per heavy atom. The molecule has 1 atom stereocenters. The number of nitrogens with two attached hydrogens (primary N) is 1. The average molecular weight is 260 g/mol. The molecule has 0 spiro atoms. The average Bonchev–Trinajstić information content (AvgIpc) is 2.85. The third-order valence-electron chi connectivity index (χ3n) is 3.39. The lowest BCUT2D eigenvalue weighted by Crippen LogP contribution is -2.38. The Morgan fingerprint density at radius 1 is 1.17 bits per heavy atom. The van der Waals surface area contributed by atoms with Gasteiger partial charge in [0.15, 0.2) is 0 Å². The smallest absolute Gasteiger partial charge is 0.0291 e. The molecule has 2 nitrogen and oxygen atoms in total. The molecule has 0 aliphatic rings. The maximum atomic E-state index is 5.69. The summed E-state index contributed by atoms with van der Waals surface area (Å²) in [7, 11) is 0. The summed E-state index contributed by atoms with van der Waals surface area (Å²) in [5, 5.41) is 4.30. The summed E-state index contributed by atoms with van der Waals surface area (Å²) in [6, 6.07) is 8.90. The van der Waals surface area contributed by atoms with Crippen LogP contribution >= 0.6 is 11.3 Å². The highest BCUT2D eigenvalue weighted by molar-refractivity contribution is 7.07. The fraction of sp³-hybridized carbons (Fsp3) is 0.333. The van der Waals surface area contributed by atoms with Crippen LogP contribution in [0, 0.1) is 13.8 Å². The van der Waals surface area contributed by atoms with E-state index in [0.29, 0.717) is 6.04 Å². The lowest BCUT2D eigenvalue weighted by atomic mass is 9.94. The summed E-state index contributed by atoms with van der Waals surface area (Å²) in [6.07, 6.45) is 1.96. The summed E-state index contributed by atoms with van der Waals surface area (Å²) in [5.74, 6) is 5.69. The quantitative estimate of drug-likeness (QED) is 0.640. The fourth-order valence-electron chi connectivity index (χ4n) is 2.30. The minimum Gasteiger partial charge on any atom is -0.271 e. The van der Waals surface area contributed by atoms with E-state index in [-0.39, 0.29) is 0 Å². The van der Waals surface area contributed by atoms with Gasteiger partial charge >= 0.3 is 0 Å². The van der Waals surface area contributed by atoms with E-state index in [4.69, 9.17) is 5.84 Å². The Labute approximate surface area is 113 Å². The Hall–Kier alpha value is -1.16. The third kappa shape index (κ3) is 3.19. The van der Waals surface area contributed by atoms with E-state index >= 15 is 0 Å². The van der Waals surface area contributed by atoms with Crippen molar-refractivity contribution in [2.75, 3.05) is 0 Å². The van der Waals surface area contributed by atoms with E-state index < -0.39 is 0 Å². The van der Waals surface area contributed by atoms with Crippen LogP contribution < -0.4 is 11.3 Å². The summed E-state index contributed by atoms with van der Waals surface area (Å²) >= 11 is 1.74. The number of thiophene rings is 1. The molecule has 0 amide bonds. The zero-order valence-electron chi connectivity index (χ0n) is 10.9. The van der Waals surface area contributed by atoms with Gasteiger partial charge in [0.05, 0.1) is 0 Å². The number of hydrazine groups is 1. The van der Waals surface area contributed by atoms with Crippen LogP contribution in [0.3, 0.4) is 0 Å². The molecule has 3 N–H and O–H groups in total. The molecule has 0 fully saturated rings. The molecule has 0 aliphatic heterocycles. The molecule has 18 heavy (non-hydrogen) atoms. The minimum atomic E-state index is 0.291. The Bertz CT molecular complexity index is 471. The fourth-order valence-corrected chi connectivity index (χ4v) is 2.98. The van der Waals surface area contributed by atoms with Gasteiger partial charge in [-0.1, -0.05) is 18.2 Å². The van der Waals surface area contributed by atoms with Crippen molar-refractivity contribution >= 4 is 11.3 Å². The van der Waals surface area contributed by atoms with Gasteiger partial charge in [-0.3, -0.25) is 11.3 Å². The van der Waals surface area contributed by atoms with Crippen LogP contribution in [0.1, 0.15) is 22.3 Å². The molecule has 0 saturated heterocycles. The zero-order chi connectivity index (χ0) is 13.0. The monoisotopic (exact) mass is 260 g/mol. The van der Waals surface area contributed by atoms with Gasteiger partial charge in [-0.2, -0.15) is 11.3 Å². The molecule has 0 aliphatic carbocycles. The molecule has 1 heterocycles. The van der Waals surface area contributed by atoms with Crippen molar-refractivity contribution in [1.29, 1.82) is 0 Å². The molecule has 0 saturated carbocycles. The summed E-state index contributed by atoms with van der Waals surface area (Å²) < 4.78 is 0. The lowest BCUT2D eigenvalue weighted by molar-refractivity contribution is 0.521. The van der Waals surface area contributed by atoms with Gasteiger partial charge in [0.2, 0.25) is 0 Å². The molecule has 96 valence electrons. The minimum absolute atomic E-state index is 0.291. The number of nitrogens with one attached hydrogen (secondary N) is 1. The Morgan fingerprint density at radius 3 is 2.44 bits per heavy atom. The van der Waals surface area contributed by atoms with Crippen LogP contribution in [0.4, 0.5) is 0 Å². The van der Waals surface area contributed by atoms with E-state index in [1.807, 2.05) is 0 Å². The first-order chi connectivity index (χ1) is 8.70. The SMILES string of the molecule is Cc1cccc(C)c1CC(Cc1ccsc1)NN. The standard InChI is InChI=1S/C15H20N2S/c1-11-4-3-5-12(2)15(11)9-14(17-16)8-13-6-7-18-10-13/h3-7,10,14,17H,8-9,16H2,1-2H3. The number of benzene rings is 1. The molecule has 2 rings (SSSR count). The van der Waals surface area contributed by atoms with Crippen LogP contribution in [0.5, 0.6) is 0 Å². The van der Waals surface area contributed by atoms with Crippen LogP contribution in [0.2, 0.25) is 0 Å². The van der Waals surface area contributed by atoms with Crippen molar-refractivity contribution in [3.8, 4) is 0 Å². The zero-order valence-corrected chi connectivity index (χ0v) is 11.8. The van der Waals surface area contributed by atoms with E-state index in [1.54, 1.807) is 11.3 Å². The van der Waals surface area contributed by atoms with Crippen molar-refractivity contribution < 1.29 is 0 Å². The molecule has 1 unspecified atom stereocenters. The second-order valence-corrected chi connectivity index (χ2v) is 5.55. The lowest BCUT2D eigenvalue weighted by Gasteiger charge is -2.18. The van der Waals surface area contributed by atoms with E-state index in [0.717, 1.165) is 12.8 Å². The molecular weight excluding hydrogens is 240 g/mol. The van der Waals surface area contributed by atoms with Crippen molar-refractivity contribution in [3.05, 3.63) is 57.3 Å². The predicted molar refractivity (Wildman–Crippen MR) is 78.8 cm³/mol. The topological polar surface area (TPSA) is 38.0 Å². The molecule has 0 bridgehead atoms. The van der Waals surface area contributed by atoms with Crippen molar-refractivity contribution in [3.63, 3.8) is 0 Å². The first-order valence-corrected chi connectivity index (χ1v) is 7.17. The number of hydrogen-bond donors (Lipinski definition) is 2. The highest BCUT2D eigenvalue weighted by Crippen LogP contribution is 2.17. The number of rotatable bonds is 5. The van der Waals surface area contributed by atoms with E-state index in [9.17, 15) is 0 Å². The number of hydrogen-bond acceptors (Lipinski definition) is 3. The third-order valence-corrected chi connectivity index (χ3v) is 4.12. The number of aryl methyl sites for hydroxylation is 2. The van der Waals surface area contributed by atoms with Gasteiger partial charge in [0.1, 0.15) is 0 Å². The van der Waals surface area contributed by atoms with Gasteiger partial charge in [-0.05, 0) is 65.8 Å². The molecule has 1 aromatic carbocycles. The molecule has 0 radical (unpaired) electrons. The Balaban J connectivity index is 2.10. The largest absolute Gasteiger partial charge is 0.271 e. The summed E-state index contributed by atoms with van der Waals surface area (Å²) in [5.41, 5.74) is 8.41. The summed E-state index contributed by atoms with van der Waals surface area (Å²) in [6.45, 7) is 4.33. The summed E-state index contributed by atoms with van der Waals surface area (Å²) in [4.78, 5) is 0. The van der Waals surface area contributed by atoms with Crippen LogP contribution in [0.15, 0.2) is 35.0 Å². The second-order valence-electron chi connectivity index (χ2n) is 4.77. The first kappa shape index (κ1) is 13.3. The van der Waals surface area contributed by atoms with Gasteiger partial charge in [0, 0.05) is 6.04 Å². The molecule has 3 heteroatoms. The first-order valence-electron chi connectivity index (χ1n) is 6.23. The normalized spacial score (nSPS) is 12.6. The van der Waals surface area contributed by atoms with Crippen LogP contribution in [-0.2, 0) is 12.8 Å². The van der Waals surface area contributed by atoms with Crippen LogP contribution in [0.25, 0.3) is 0 Å². The molecule has 1 aromatic heterocycles. The van der Waals surface area contributed by atoms with Gasteiger partial charge in [-0.25, -0.2) is 0 Å². The maximum absolute atomic E-state index is 5.69. The maximum Gasteiger partial charge on any atom is 0.0291 e. The van der Waals surface area contributed by atoms with Gasteiger partial charge in [0.25, 0.3) is 0 Å². The van der Waals surface area contributed by atoms with Crippen molar-refractivity contribution in [1.82, 2.24) is 5.43 Å². The highest BCUT2D eigenvalue weighted by Gasteiger charge is 2.12. The predicted octanol–water partition coefficient (Wildman–Crippen LogP) is 2.98. The highest BCUT2D eigenvalue weighted by atomic mass is 32.1. The van der Waals surface area contributed by atoms with Crippen molar-refractivity contribution in [2.24, 2.45) is 5.84 Å². The molecular formula is C15H20N2S. The van der Waals surface area contributed by atoms with Crippen LogP contribution in [-0.4, -0.2) is 6.04 Å².